The van der Waals surface area contributed by atoms with Crippen LogP contribution in [0.25, 0.3) is 0 Å². The average molecular weight is 180 g/mol. The van der Waals surface area contributed by atoms with Gasteiger partial charge in [0.05, 0.1) is 0 Å². The first kappa shape index (κ1) is 10.8. The second-order valence-electron chi connectivity index (χ2n) is 5.88. The van der Waals surface area contributed by atoms with E-state index in [0.29, 0.717) is 5.41 Å². The molecule has 0 nitrogen and oxygen atoms in total. The van der Waals surface area contributed by atoms with E-state index in [1.165, 1.54) is 12.8 Å². The third-order valence-corrected chi connectivity index (χ3v) is 3.14. The molecule has 0 bridgehead atoms. The maximum atomic E-state index is 2.39. The van der Waals surface area contributed by atoms with Crippen LogP contribution in [0.3, 0.4) is 0 Å². The summed E-state index contributed by atoms with van der Waals surface area (Å²) in [5.41, 5.74) is 4.00. The summed E-state index contributed by atoms with van der Waals surface area (Å²) in [6.45, 7) is 14.1. The second kappa shape index (κ2) is 3.48. The molecule has 0 fully saturated rings. The van der Waals surface area contributed by atoms with Crippen LogP contribution in [-0.4, -0.2) is 0 Å². The van der Waals surface area contributed by atoms with Crippen molar-refractivity contribution < 1.29 is 0 Å². The van der Waals surface area contributed by atoms with Crippen molar-refractivity contribution >= 4 is 0 Å². The van der Waals surface area contributed by atoms with Crippen molar-refractivity contribution in [1.82, 2.24) is 0 Å². The summed E-state index contributed by atoms with van der Waals surface area (Å²) in [4.78, 5) is 0. The Morgan fingerprint density at radius 2 is 1.15 bits per heavy atom. The molecule has 0 heteroatoms. The van der Waals surface area contributed by atoms with E-state index >= 15 is 0 Å². The first-order valence-electron chi connectivity index (χ1n) is 5.55. The molecule has 0 spiro atoms. The van der Waals surface area contributed by atoms with Gasteiger partial charge >= 0.3 is 0 Å². The van der Waals surface area contributed by atoms with Gasteiger partial charge in [-0.25, -0.2) is 0 Å². The van der Waals surface area contributed by atoms with Crippen LogP contribution < -0.4 is 0 Å². The van der Waals surface area contributed by atoms with Crippen LogP contribution in [0, 0.1) is 17.3 Å². The molecule has 0 radical (unpaired) electrons. The fourth-order valence-corrected chi connectivity index (χ4v) is 2.47. The van der Waals surface area contributed by atoms with Gasteiger partial charge in [0.25, 0.3) is 0 Å². The summed E-state index contributed by atoms with van der Waals surface area (Å²) in [6, 6.07) is 0. The van der Waals surface area contributed by atoms with Gasteiger partial charge in [-0.3, -0.25) is 0 Å². The molecule has 1 rings (SSSR count). The summed E-state index contributed by atoms with van der Waals surface area (Å²) >= 11 is 0. The maximum absolute atomic E-state index is 2.39. The first-order chi connectivity index (χ1) is 5.83. The third-order valence-electron chi connectivity index (χ3n) is 3.14. The summed E-state index contributed by atoms with van der Waals surface area (Å²) in [5, 5.41) is 0. The monoisotopic (exact) mass is 180 g/mol. The van der Waals surface area contributed by atoms with Crippen LogP contribution in [0.4, 0.5) is 0 Å². The van der Waals surface area contributed by atoms with Crippen LogP contribution in [0.2, 0.25) is 0 Å². The Balaban J connectivity index is 2.90. The minimum atomic E-state index is 0.527. The molecule has 0 unspecified atom stereocenters. The highest BCUT2D eigenvalue weighted by Gasteiger charge is 2.32. The van der Waals surface area contributed by atoms with E-state index in [-0.39, 0.29) is 0 Å². The van der Waals surface area contributed by atoms with Gasteiger partial charge in [0.2, 0.25) is 0 Å². The summed E-state index contributed by atoms with van der Waals surface area (Å²) in [7, 11) is 0. The van der Waals surface area contributed by atoms with E-state index in [4.69, 9.17) is 0 Å². The Hall–Kier alpha value is -0.260. The molecular weight excluding hydrogens is 156 g/mol. The first-order valence-corrected chi connectivity index (χ1v) is 5.55. The fourth-order valence-electron chi connectivity index (χ4n) is 2.47. The minimum Gasteiger partial charge on any atom is -0.0676 e. The fraction of sp³-hybridized carbons (Fsp3) is 0.846. The van der Waals surface area contributed by atoms with Crippen LogP contribution in [0.15, 0.2) is 11.1 Å². The third kappa shape index (κ3) is 2.36. The predicted octanol–water partition coefficient (Wildman–Crippen LogP) is 4.42. The van der Waals surface area contributed by atoms with Crippen molar-refractivity contribution in [2.75, 3.05) is 0 Å². The molecule has 0 saturated carbocycles. The van der Waals surface area contributed by atoms with Crippen molar-refractivity contribution in [1.29, 1.82) is 0 Å². The number of rotatable bonds is 2. The topological polar surface area (TPSA) is 0 Å². The Morgan fingerprint density at radius 3 is 1.38 bits per heavy atom. The van der Waals surface area contributed by atoms with Crippen molar-refractivity contribution in [2.24, 2.45) is 17.3 Å². The summed E-state index contributed by atoms with van der Waals surface area (Å²) in [5.74, 6) is 1.50. The van der Waals surface area contributed by atoms with E-state index in [2.05, 4.69) is 41.5 Å². The lowest BCUT2D eigenvalue weighted by Gasteiger charge is -2.18. The molecule has 0 aliphatic heterocycles. The van der Waals surface area contributed by atoms with Crippen molar-refractivity contribution in [3.05, 3.63) is 11.1 Å². The molecular formula is C13H24. The maximum Gasteiger partial charge on any atom is -0.0257 e. The van der Waals surface area contributed by atoms with Gasteiger partial charge in [0.15, 0.2) is 0 Å². The molecule has 0 aromatic rings. The zero-order chi connectivity index (χ0) is 10.2. The molecule has 13 heavy (non-hydrogen) atoms. The molecule has 0 saturated heterocycles. The van der Waals surface area contributed by atoms with Gasteiger partial charge in [0, 0.05) is 0 Å². The largest absolute Gasteiger partial charge is 0.0676 e. The Morgan fingerprint density at radius 1 is 0.846 bits per heavy atom. The van der Waals surface area contributed by atoms with E-state index in [0.717, 1.165) is 11.8 Å². The van der Waals surface area contributed by atoms with Crippen molar-refractivity contribution in [3.63, 3.8) is 0 Å². The van der Waals surface area contributed by atoms with Crippen LogP contribution in [-0.2, 0) is 0 Å². The van der Waals surface area contributed by atoms with Gasteiger partial charge in [-0.2, -0.15) is 0 Å². The SMILES string of the molecule is CC(C)C1=C(C(C)C)CC(C)(C)C1. The van der Waals surface area contributed by atoms with Gasteiger partial charge in [-0.1, -0.05) is 52.7 Å². The zero-order valence-electron chi connectivity index (χ0n) is 10.1. The standard InChI is InChI=1S/C13H24/c1-9(2)11-7-13(5,6)8-12(11)10(3)4/h9-10H,7-8H2,1-6H3. The Kier molecular flexibility index (Phi) is 2.89. The molecule has 76 valence electrons. The van der Waals surface area contributed by atoms with E-state index < -0.39 is 0 Å². The lowest BCUT2D eigenvalue weighted by molar-refractivity contribution is 0.376. The van der Waals surface area contributed by atoms with Gasteiger partial charge < -0.3 is 0 Å². The Labute approximate surface area is 83.4 Å². The molecule has 0 aromatic heterocycles. The van der Waals surface area contributed by atoms with E-state index in [1.807, 2.05) is 0 Å². The number of hydrogen-bond acceptors (Lipinski definition) is 0. The zero-order valence-corrected chi connectivity index (χ0v) is 10.1. The summed E-state index contributed by atoms with van der Waals surface area (Å²) in [6.07, 6.45) is 2.64. The van der Waals surface area contributed by atoms with Crippen molar-refractivity contribution in [3.8, 4) is 0 Å². The quantitative estimate of drug-likeness (QED) is 0.552. The molecule has 1 aliphatic rings. The Bertz CT molecular complexity index is 194. The molecule has 0 aromatic carbocycles. The minimum absolute atomic E-state index is 0.527. The van der Waals surface area contributed by atoms with Crippen molar-refractivity contribution in [2.45, 2.75) is 54.4 Å². The van der Waals surface area contributed by atoms with Crippen LogP contribution in [0.1, 0.15) is 54.4 Å². The lowest BCUT2D eigenvalue weighted by Crippen LogP contribution is -2.06. The number of allylic oxidation sites excluding steroid dienone is 2. The van der Waals surface area contributed by atoms with Crippen LogP contribution >= 0.6 is 0 Å². The predicted molar refractivity (Wildman–Crippen MR) is 59.7 cm³/mol. The normalized spacial score (nSPS) is 22.2. The molecule has 0 atom stereocenters. The van der Waals surface area contributed by atoms with Crippen LogP contribution in [0.5, 0.6) is 0 Å². The van der Waals surface area contributed by atoms with Gasteiger partial charge in [-0.15, -0.1) is 0 Å². The number of hydrogen-bond donors (Lipinski definition) is 0. The summed E-state index contributed by atoms with van der Waals surface area (Å²) < 4.78 is 0. The van der Waals surface area contributed by atoms with E-state index in [9.17, 15) is 0 Å². The molecule has 0 amide bonds. The highest BCUT2D eigenvalue weighted by Crippen LogP contribution is 2.46. The lowest BCUT2D eigenvalue weighted by atomic mass is 9.87. The molecule has 1 aliphatic carbocycles. The highest BCUT2D eigenvalue weighted by atomic mass is 14.4. The average Bonchev–Trinajstić information content (AvgIpc) is 2.26. The molecule has 0 N–H and O–H groups in total. The highest BCUT2D eigenvalue weighted by molar-refractivity contribution is 5.26. The van der Waals surface area contributed by atoms with Gasteiger partial charge in [-0.05, 0) is 30.1 Å². The van der Waals surface area contributed by atoms with Gasteiger partial charge in [0.1, 0.15) is 0 Å². The second-order valence-corrected chi connectivity index (χ2v) is 5.88. The smallest absolute Gasteiger partial charge is 0.0257 e. The molecule has 0 heterocycles. The van der Waals surface area contributed by atoms with E-state index in [1.54, 1.807) is 11.1 Å².